The van der Waals surface area contributed by atoms with Crippen LogP contribution in [-0.2, 0) is 6.54 Å². The monoisotopic (exact) mass is 380 g/mol. The van der Waals surface area contributed by atoms with E-state index in [1.54, 1.807) is 18.3 Å². The van der Waals surface area contributed by atoms with Crippen molar-refractivity contribution >= 4 is 33.3 Å². The fourth-order valence-electron chi connectivity index (χ4n) is 2.88. The lowest BCUT2D eigenvalue weighted by Crippen LogP contribution is -2.12. The summed E-state index contributed by atoms with van der Waals surface area (Å²) in [5.74, 6) is 0.107. The van der Waals surface area contributed by atoms with Gasteiger partial charge >= 0.3 is 0 Å². The Kier molecular flexibility index (Phi) is 4.45. The highest BCUT2D eigenvalue weighted by Crippen LogP contribution is 2.29. The third kappa shape index (κ3) is 3.46. The van der Waals surface area contributed by atoms with Crippen LogP contribution in [0.25, 0.3) is 10.2 Å². The highest BCUT2D eigenvalue weighted by atomic mass is 32.1. The maximum Gasteiger partial charge on any atom is 0.266 e. The predicted molar refractivity (Wildman–Crippen MR) is 105 cm³/mol. The van der Waals surface area contributed by atoms with Crippen LogP contribution in [-0.4, -0.2) is 20.7 Å². The number of hydrogen-bond acceptors (Lipinski definition) is 4. The van der Waals surface area contributed by atoms with Crippen LogP contribution in [0.5, 0.6) is 0 Å². The number of aryl methyl sites for hydroxylation is 2. The van der Waals surface area contributed by atoms with Crippen LogP contribution < -0.4 is 5.32 Å². The van der Waals surface area contributed by atoms with E-state index in [-0.39, 0.29) is 11.7 Å². The highest BCUT2D eigenvalue weighted by Gasteiger charge is 2.17. The molecule has 5 nitrogen and oxygen atoms in total. The van der Waals surface area contributed by atoms with Crippen molar-refractivity contribution in [3.63, 3.8) is 0 Å². The lowest BCUT2D eigenvalue weighted by atomic mass is 10.2. The first kappa shape index (κ1) is 17.4. The Morgan fingerprint density at radius 2 is 2.00 bits per heavy atom. The number of thiophene rings is 1. The second-order valence-corrected chi connectivity index (χ2v) is 7.35. The van der Waals surface area contributed by atoms with Gasteiger partial charge in [-0.3, -0.25) is 9.48 Å². The quantitative estimate of drug-likeness (QED) is 0.565. The summed E-state index contributed by atoms with van der Waals surface area (Å²) in [6, 6.07) is 11.9. The topological polar surface area (TPSA) is 59.8 Å². The van der Waals surface area contributed by atoms with Gasteiger partial charge in [0, 0.05) is 11.6 Å². The number of nitrogens with zero attached hydrogens (tertiary/aromatic N) is 3. The van der Waals surface area contributed by atoms with Gasteiger partial charge < -0.3 is 5.32 Å². The molecule has 0 bridgehead atoms. The van der Waals surface area contributed by atoms with E-state index >= 15 is 0 Å². The zero-order chi connectivity index (χ0) is 19.0. The van der Waals surface area contributed by atoms with E-state index in [2.05, 4.69) is 15.4 Å². The number of amides is 1. The van der Waals surface area contributed by atoms with Gasteiger partial charge in [-0.25, -0.2) is 9.37 Å². The number of nitrogens with one attached hydrogen (secondary N) is 1. The Labute approximate surface area is 159 Å². The fourth-order valence-corrected chi connectivity index (χ4v) is 3.94. The molecule has 0 aliphatic heterocycles. The van der Waals surface area contributed by atoms with Crippen molar-refractivity contribution in [1.82, 2.24) is 14.8 Å². The van der Waals surface area contributed by atoms with Gasteiger partial charge in [-0.1, -0.05) is 18.2 Å². The minimum absolute atomic E-state index is 0.189. The van der Waals surface area contributed by atoms with Gasteiger partial charge in [0.25, 0.3) is 5.91 Å². The van der Waals surface area contributed by atoms with E-state index in [0.717, 1.165) is 27.0 Å². The number of rotatable bonds is 4. The molecule has 7 heteroatoms. The lowest BCUT2D eigenvalue weighted by molar-refractivity contribution is 0.103. The van der Waals surface area contributed by atoms with Crippen molar-refractivity contribution in [1.29, 1.82) is 0 Å². The number of fused-ring (bicyclic) bond motifs is 1. The first-order valence-electron chi connectivity index (χ1n) is 8.45. The SMILES string of the molecule is Cc1cccnc1NC(=O)c1cc2c(C)nn(Cc3ccc(F)cc3)c2s1. The number of benzene rings is 1. The summed E-state index contributed by atoms with van der Waals surface area (Å²) < 4.78 is 15.0. The Hall–Kier alpha value is -3.06. The zero-order valence-electron chi connectivity index (χ0n) is 14.9. The van der Waals surface area contributed by atoms with E-state index in [9.17, 15) is 9.18 Å². The van der Waals surface area contributed by atoms with Crippen LogP contribution >= 0.6 is 11.3 Å². The molecule has 4 rings (SSSR count). The number of hydrogen-bond donors (Lipinski definition) is 1. The van der Waals surface area contributed by atoms with Crippen LogP contribution in [0.15, 0.2) is 48.7 Å². The van der Waals surface area contributed by atoms with Crippen molar-refractivity contribution < 1.29 is 9.18 Å². The average Bonchev–Trinajstić information content (AvgIpc) is 3.21. The summed E-state index contributed by atoms with van der Waals surface area (Å²) >= 11 is 1.39. The number of pyridine rings is 1. The molecule has 0 fully saturated rings. The summed E-state index contributed by atoms with van der Waals surface area (Å²) in [6.07, 6.45) is 1.65. The molecular weight excluding hydrogens is 363 g/mol. The van der Waals surface area contributed by atoms with E-state index in [0.29, 0.717) is 17.2 Å². The third-order valence-corrected chi connectivity index (χ3v) is 5.47. The first-order valence-corrected chi connectivity index (χ1v) is 9.27. The van der Waals surface area contributed by atoms with E-state index in [1.807, 2.05) is 36.7 Å². The van der Waals surface area contributed by atoms with Crippen molar-refractivity contribution in [3.05, 3.63) is 76.2 Å². The summed E-state index contributed by atoms with van der Waals surface area (Å²) in [6.45, 7) is 4.34. The van der Waals surface area contributed by atoms with Crippen LogP contribution in [0.2, 0.25) is 0 Å². The Morgan fingerprint density at radius 3 is 2.74 bits per heavy atom. The van der Waals surface area contributed by atoms with Crippen molar-refractivity contribution in [3.8, 4) is 0 Å². The standard InChI is InChI=1S/C20H17FN4OS/c1-12-4-3-9-22-18(12)23-19(26)17-10-16-13(2)24-25(20(16)27-17)11-14-5-7-15(21)8-6-14/h3-10H,11H2,1-2H3,(H,22,23,26). The molecule has 0 saturated carbocycles. The van der Waals surface area contributed by atoms with Crippen LogP contribution in [0, 0.1) is 19.7 Å². The number of carbonyl (C=O) groups is 1. The van der Waals surface area contributed by atoms with Crippen molar-refractivity contribution in [2.75, 3.05) is 5.32 Å². The van der Waals surface area contributed by atoms with Crippen LogP contribution in [0.3, 0.4) is 0 Å². The molecule has 3 aromatic heterocycles. The minimum atomic E-state index is -0.263. The molecule has 3 heterocycles. The molecule has 1 aromatic carbocycles. The molecule has 0 aliphatic carbocycles. The summed E-state index contributed by atoms with van der Waals surface area (Å²) in [5.41, 5.74) is 2.71. The number of carbonyl (C=O) groups excluding carboxylic acids is 1. The van der Waals surface area contributed by atoms with E-state index < -0.39 is 0 Å². The number of halogens is 1. The van der Waals surface area contributed by atoms with Gasteiger partial charge in [-0.2, -0.15) is 5.10 Å². The number of aromatic nitrogens is 3. The van der Waals surface area contributed by atoms with Gasteiger partial charge in [0.1, 0.15) is 16.5 Å². The maximum absolute atomic E-state index is 13.1. The largest absolute Gasteiger partial charge is 0.306 e. The van der Waals surface area contributed by atoms with Gasteiger partial charge in [0.2, 0.25) is 0 Å². The summed E-state index contributed by atoms with van der Waals surface area (Å²) in [7, 11) is 0. The van der Waals surface area contributed by atoms with Gasteiger partial charge in [-0.05, 0) is 49.2 Å². The van der Waals surface area contributed by atoms with E-state index in [1.165, 1.54) is 23.5 Å². The predicted octanol–water partition coefficient (Wildman–Crippen LogP) is 4.55. The molecule has 136 valence electrons. The number of anilines is 1. The molecule has 1 N–H and O–H groups in total. The summed E-state index contributed by atoms with van der Waals surface area (Å²) in [5, 5.41) is 8.37. The Bertz CT molecular complexity index is 1130. The van der Waals surface area contributed by atoms with Crippen LogP contribution in [0.4, 0.5) is 10.2 Å². The zero-order valence-corrected chi connectivity index (χ0v) is 15.7. The molecule has 0 radical (unpaired) electrons. The lowest BCUT2D eigenvalue weighted by Gasteiger charge is -2.05. The molecule has 1 amide bonds. The molecule has 0 unspecified atom stereocenters. The second-order valence-electron chi connectivity index (χ2n) is 6.32. The normalized spacial score (nSPS) is 11.1. The third-order valence-electron chi connectivity index (χ3n) is 4.32. The smallest absolute Gasteiger partial charge is 0.266 e. The van der Waals surface area contributed by atoms with E-state index in [4.69, 9.17) is 0 Å². The molecular formula is C20H17FN4OS. The molecule has 0 atom stereocenters. The van der Waals surface area contributed by atoms with Gasteiger partial charge in [-0.15, -0.1) is 11.3 Å². The molecule has 0 aliphatic rings. The fraction of sp³-hybridized carbons (Fsp3) is 0.150. The second kappa shape index (κ2) is 6.92. The minimum Gasteiger partial charge on any atom is -0.306 e. The molecule has 27 heavy (non-hydrogen) atoms. The Morgan fingerprint density at radius 1 is 1.22 bits per heavy atom. The highest BCUT2D eigenvalue weighted by molar-refractivity contribution is 7.20. The van der Waals surface area contributed by atoms with Gasteiger partial charge in [0.05, 0.1) is 17.1 Å². The molecule has 0 spiro atoms. The first-order chi connectivity index (χ1) is 13.0. The summed E-state index contributed by atoms with van der Waals surface area (Å²) in [4.78, 5) is 18.4. The van der Waals surface area contributed by atoms with Gasteiger partial charge in [0.15, 0.2) is 0 Å². The molecule has 0 saturated heterocycles. The average molecular weight is 380 g/mol. The van der Waals surface area contributed by atoms with Crippen molar-refractivity contribution in [2.45, 2.75) is 20.4 Å². The Balaban J connectivity index is 1.63. The van der Waals surface area contributed by atoms with Crippen LogP contribution in [0.1, 0.15) is 26.5 Å². The molecule has 4 aromatic rings. The van der Waals surface area contributed by atoms with Crippen molar-refractivity contribution in [2.24, 2.45) is 0 Å². The maximum atomic E-state index is 13.1.